The third-order valence-corrected chi connectivity index (χ3v) is 4.28. The second kappa shape index (κ2) is 5.02. The molecule has 1 fully saturated rings. The molecule has 0 spiro atoms. The van der Waals surface area contributed by atoms with Crippen LogP contribution in [0.15, 0.2) is 18.2 Å². The first kappa shape index (κ1) is 13.0. The highest BCUT2D eigenvalue weighted by Crippen LogP contribution is 2.25. The quantitative estimate of drug-likeness (QED) is 0.887. The number of thioether (sulfide) groups is 1. The SMILES string of the molecule is Cc1cccc(C(=O)N2CSCC2C(=O)O)c1C. The number of hydrogen-bond donors (Lipinski definition) is 1. The average Bonchev–Trinajstić information content (AvgIpc) is 2.81. The molecule has 18 heavy (non-hydrogen) atoms. The Balaban J connectivity index is 2.31. The van der Waals surface area contributed by atoms with Crippen molar-refractivity contribution in [2.24, 2.45) is 0 Å². The van der Waals surface area contributed by atoms with Crippen molar-refractivity contribution in [3.8, 4) is 0 Å². The number of rotatable bonds is 2. The normalized spacial score (nSPS) is 19.0. The Bertz CT molecular complexity index is 501. The van der Waals surface area contributed by atoms with Crippen LogP contribution in [0.3, 0.4) is 0 Å². The van der Waals surface area contributed by atoms with Crippen molar-refractivity contribution in [2.75, 3.05) is 11.6 Å². The van der Waals surface area contributed by atoms with Crippen LogP contribution in [0.25, 0.3) is 0 Å². The summed E-state index contributed by atoms with van der Waals surface area (Å²) < 4.78 is 0. The molecule has 1 saturated heterocycles. The topological polar surface area (TPSA) is 57.6 Å². The Labute approximate surface area is 110 Å². The maximum atomic E-state index is 12.4. The fraction of sp³-hybridized carbons (Fsp3) is 0.385. The number of benzene rings is 1. The number of amides is 1. The summed E-state index contributed by atoms with van der Waals surface area (Å²) in [6.45, 7) is 3.83. The molecule has 1 heterocycles. The van der Waals surface area contributed by atoms with Gasteiger partial charge in [-0.2, -0.15) is 0 Å². The first-order valence-electron chi connectivity index (χ1n) is 5.70. The Morgan fingerprint density at radius 3 is 2.78 bits per heavy atom. The molecular weight excluding hydrogens is 250 g/mol. The number of nitrogens with zero attached hydrogens (tertiary/aromatic N) is 1. The van der Waals surface area contributed by atoms with Crippen molar-refractivity contribution in [3.05, 3.63) is 34.9 Å². The van der Waals surface area contributed by atoms with E-state index in [1.165, 1.54) is 16.7 Å². The molecule has 0 bridgehead atoms. The summed E-state index contributed by atoms with van der Waals surface area (Å²) in [5.41, 5.74) is 2.56. The van der Waals surface area contributed by atoms with Crippen molar-refractivity contribution in [1.29, 1.82) is 0 Å². The molecule has 1 N–H and O–H groups in total. The van der Waals surface area contributed by atoms with E-state index in [0.717, 1.165) is 11.1 Å². The lowest BCUT2D eigenvalue weighted by Crippen LogP contribution is -2.42. The molecular formula is C13H15NO3S. The predicted octanol–water partition coefficient (Wildman–Crippen LogP) is 1.90. The summed E-state index contributed by atoms with van der Waals surface area (Å²) in [6, 6.07) is 4.82. The van der Waals surface area contributed by atoms with E-state index in [4.69, 9.17) is 5.11 Å². The molecule has 4 nitrogen and oxygen atoms in total. The van der Waals surface area contributed by atoms with E-state index in [1.807, 2.05) is 26.0 Å². The second-order valence-electron chi connectivity index (χ2n) is 4.38. The standard InChI is InChI=1S/C13H15NO3S/c1-8-4-3-5-10(9(8)2)12(15)14-7-18-6-11(14)13(16)17/h3-5,11H,6-7H2,1-2H3,(H,16,17). The van der Waals surface area contributed by atoms with E-state index in [0.29, 0.717) is 17.2 Å². The van der Waals surface area contributed by atoms with E-state index in [-0.39, 0.29) is 5.91 Å². The van der Waals surface area contributed by atoms with Crippen LogP contribution in [0.4, 0.5) is 0 Å². The molecule has 1 atom stereocenters. The number of aliphatic carboxylic acids is 1. The highest BCUT2D eigenvalue weighted by Gasteiger charge is 2.35. The van der Waals surface area contributed by atoms with Gasteiger partial charge in [0.1, 0.15) is 6.04 Å². The number of carbonyl (C=O) groups excluding carboxylic acids is 1. The first-order valence-corrected chi connectivity index (χ1v) is 6.85. The molecule has 1 unspecified atom stereocenters. The van der Waals surface area contributed by atoms with Gasteiger partial charge in [0.25, 0.3) is 5.91 Å². The third kappa shape index (κ3) is 2.22. The molecule has 1 aliphatic rings. The highest BCUT2D eigenvalue weighted by atomic mass is 32.2. The molecule has 5 heteroatoms. The van der Waals surface area contributed by atoms with Crippen LogP contribution in [0.1, 0.15) is 21.5 Å². The highest BCUT2D eigenvalue weighted by molar-refractivity contribution is 7.99. The van der Waals surface area contributed by atoms with Gasteiger partial charge in [-0.1, -0.05) is 12.1 Å². The number of carboxylic acid groups (broad SMARTS) is 1. The van der Waals surface area contributed by atoms with Gasteiger partial charge in [0.05, 0.1) is 5.88 Å². The van der Waals surface area contributed by atoms with Crippen LogP contribution in [0.2, 0.25) is 0 Å². The molecule has 1 aliphatic heterocycles. The van der Waals surface area contributed by atoms with Gasteiger partial charge in [-0.25, -0.2) is 4.79 Å². The number of hydrogen-bond acceptors (Lipinski definition) is 3. The Hall–Kier alpha value is -1.49. The van der Waals surface area contributed by atoms with E-state index in [9.17, 15) is 9.59 Å². The fourth-order valence-corrected chi connectivity index (χ4v) is 3.13. The molecule has 0 aromatic heterocycles. The lowest BCUT2D eigenvalue weighted by atomic mass is 10.0. The minimum Gasteiger partial charge on any atom is -0.480 e. The van der Waals surface area contributed by atoms with E-state index < -0.39 is 12.0 Å². The van der Waals surface area contributed by atoms with Gasteiger partial charge >= 0.3 is 5.97 Å². The summed E-state index contributed by atoms with van der Waals surface area (Å²) in [4.78, 5) is 24.9. The number of carboxylic acids is 1. The van der Waals surface area contributed by atoms with E-state index >= 15 is 0 Å². The zero-order valence-corrected chi connectivity index (χ0v) is 11.2. The Kier molecular flexibility index (Phi) is 3.61. The molecule has 1 aromatic rings. The summed E-state index contributed by atoms with van der Waals surface area (Å²) >= 11 is 1.48. The van der Waals surface area contributed by atoms with Crippen LogP contribution in [-0.4, -0.2) is 39.6 Å². The largest absolute Gasteiger partial charge is 0.480 e. The molecule has 1 aromatic carbocycles. The predicted molar refractivity (Wildman–Crippen MR) is 70.8 cm³/mol. The van der Waals surface area contributed by atoms with Gasteiger partial charge in [-0.15, -0.1) is 11.8 Å². The van der Waals surface area contributed by atoms with Crippen LogP contribution < -0.4 is 0 Å². The van der Waals surface area contributed by atoms with Gasteiger partial charge in [-0.3, -0.25) is 4.79 Å². The molecule has 0 saturated carbocycles. The van der Waals surface area contributed by atoms with Gasteiger partial charge in [0.15, 0.2) is 0 Å². The minimum absolute atomic E-state index is 0.186. The van der Waals surface area contributed by atoms with Gasteiger partial charge in [0.2, 0.25) is 0 Å². The van der Waals surface area contributed by atoms with Crippen molar-refractivity contribution in [1.82, 2.24) is 4.90 Å². The average molecular weight is 265 g/mol. The van der Waals surface area contributed by atoms with E-state index in [2.05, 4.69) is 0 Å². The van der Waals surface area contributed by atoms with Crippen molar-refractivity contribution >= 4 is 23.6 Å². The van der Waals surface area contributed by atoms with Gasteiger partial charge < -0.3 is 10.0 Å². The van der Waals surface area contributed by atoms with Gasteiger partial charge in [0, 0.05) is 11.3 Å². The maximum absolute atomic E-state index is 12.4. The fourth-order valence-electron chi connectivity index (χ4n) is 1.98. The van der Waals surface area contributed by atoms with Crippen LogP contribution in [-0.2, 0) is 4.79 Å². The second-order valence-corrected chi connectivity index (χ2v) is 5.38. The number of aryl methyl sites for hydroxylation is 1. The monoisotopic (exact) mass is 265 g/mol. The molecule has 0 radical (unpaired) electrons. The van der Waals surface area contributed by atoms with Crippen LogP contribution >= 0.6 is 11.8 Å². The summed E-state index contributed by atoms with van der Waals surface area (Å²) in [5, 5.41) is 9.10. The van der Waals surface area contributed by atoms with Gasteiger partial charge in [-0.05, 0) is 31.0 Å². The minimum atomic E-state index is -0.932. The molecule has 1 amide bonds. The summed E-state index contributed by atoms with van der Waals surface area (Å²) in [6.07, 6.45) is 0. The Morgan fingerprint density at radius 1 is 1.39 bits per heavy atom. The molecule has 2 rings (SSSR count). The molecule has 96 valence electrons. The zero-order chi connectivity index (χ0) is 13.3. The Morgan fingerprint density at radius 2 is 2.11 bits per heavy atom. The van der Waals surface area contributed by atoms with E-state index in [1.54, 1.807) is 6.07 Å². The van der Waals surface area contributed by atoms with Crippen molar-refractivity contribution < 1.29 is 14.7 Å². The zero-order valence-electron chi connectivity index (χ0n) is 10.3. The smallest absolute Gasteiger partial charge is 0.327 e. The number of carbonyl (C=O) groups is 2. The third-order valence-electron chi connectivity index (χ3n) is 3.26. The lowest BCUT2D eigenvalue weighted by Gasteiger charge is -2.21. The van der Waals surface area contributed by atoms with Crippen LogP contribution in [0.5, 0.6) is 0 Å². The van der Waals surface area contributed by atoms with Crippen molar-refractivity contribution in [3.63, 3.8) is 0 Å². The molecule has 0 aliphatic carbocycles. The van der Waals surface area contributed by atoms with Crippen molar-refractivity contribution in [2.45, 2.75) is 19.9 Å². The van der Waals surface area contributed by atoms with Crippen LogP contribution in [0, 0.1) is 13.8 Å². The lowest BCUT2D eigenvalue weighted by molar-refractivity contribution is -0.140. The first-order chi connectivity index (χ1) is 8.52. The summed E-state index contributed by atoms with van der Waals surface area (Å²) in [5.74, 6) is -0.206. The maximum Gasteiger partial charge on any atom is 0.327 e. The summed E-state index contributed by atoms with van der Waals surface area (Å²) in [7, 11) is 0.